The Hall–Kier alpha value is -2.05. The predicted molar refractivity (Wildman–Crippen MR) is 137 cm³/mol. The van der Waals surface area contributed by atoms with Crippen LogP contribution in [-0.2, 0) is 20.8 Å². The van der Waals surface area contributed by atoms with E-state index >= 15 is 0 Å². The summed E-state index contributed by atoms with van der Waals surface area (Å²) in [6.45, 7) is 4.16. The van der Waals surface area contributed by atoms with Crippen LogP contribution in [0.3, 0.4) is 0 Å². The molecule has 0 amide bonds. The summed E-state index contributed by atoms with van der Waals surface area (Å²) in [5, 5.41) is 0. The van der Waals surface area contributed by atoms with Gasteiger partial charge in [-0.15, -0.1) is 18.2 Å². The third-order valence-electron chi connectivity index (χ3n) is 6.81. The standard InChI is InChI=1S/C30H23.2ClH.Zr/c1-2-21-22-11-3-8-16-27(22)29-17-9-10-20(30(21)29)18-19-28-25-14-6-4-12-23(25)24-13-5-7-15-26(24)28;;;/h2-18,21,28H,1,19H2;2*1H;/q-1;;;+2/p-2. The zero-order valence-electron chi connectivity index (χ0n) is 18.1. The number of hydrogen-bond acceptors (Lipinski definition) is 0. The fourth-order valence-electron chi connectivity index (χ4n) is 5.52. The van der Waals surface area contributed by atoms with Gasteiger partial charge in [-0.25, -0.2) is 0 Å². The summed E-state index contributed by atoms with van der Waals surface area (Å²) in [5.41, 5.74) is 12.5. The third-order valence-corrected chi connectivity index (χ3v) is 6.81. The second kappa shape index (κ2) is 10.1. The van der Waals surface area contributed by atoms with Crippen LogP contribution < -0.4 is 0 Å². The molecule has 162 valence electrons. The van der Waals surface area contributed by atoms with Crippen molar-refractivity contribution in [3.8, 4) is 22.3 Å². The van der Waals surface area contributed by atoms with E-state index in [1.54, 1.807) is 0 Å². The molecule has 1 atom stereocenters. The summed E-state index contributed by atoms with van der Waals surface area (Å²) in [4.78, 5) is 0. The number of rotatable bonds is 4. The van der Waals surface area contributed by atoms with Gasteiger partial charge in [-0.3, -0.25) is 0 Å². The third kappa shape index (κ3) is 4.06. The molecule has 3 heteroatoms. The van der Waals surface area contributed by atoms with E-state index in [1.165, 1.54) is 50.1 Å². The molecule has 0 N–H and O–H groups in total. The molecule has 1 unspecified atom stereocenters. The van der Waals surface area contributed by atoms with Gasteiger partial charge in [0.05, 0.1) is 0 Å². The Morgan fingerprint density at radius 1 is 0.697 bits per heavy atom. The molecular weight excluding hydrogens is 522 g/mol. The van der Waals surface area contributed by atoms with Crippen molar-refractivity contribution in [1.29, 1.82) is 0 Å². The van der Waals surface area contributed by atoms with Crippen molar-refractivity contribution in [2.45, 2.75) is 18.3 Å². The first kappa shape index (κ1) is 22.7. The molecule has 0 bridgehead atoms. The van der Waals surface area contributed by atoms with Crippen molar-refractivity contribution >= 4 is 17.0 Å². The van der Waals surface area contributed by atoms with Gasteiger partial charge in [0.1, 0.15) is 0 Å². The van der Waals surface area contributed by atoms with Gasteiger partial charge in [0.2, 0.25) is 0 Å². The van der Waals surface area contributed by atoms with Crippen molar-refractivity contribution in [1.82, 2.24) is 0 Å². The van der Waals surface area contributed by atoms with Crippen LogP contribution in [0.25, 0.3) is 22.3 Å². The average Bonchev–Trinajstić information content (AvgIpc) is 3.36. The maximum absolute atomic E-state index is 4.93. The Balaban J connectivity index is 0.000000724. The van der Waals surface area contributed by atoms with E-state index in [2.05, 4.69) is 110 Å². The summed E-state index contributed by atoms with van der Waals surface area (Å²) in [7, 11) is 9.87. The van der Waals surface area contributed by atoms with Crippen molar-refractivity contribution in [2.75, 3.05) is 0 Å². The molecule has 0 saturated carbocycles. The number of benzene rings is 4. The summed E-state index contributed by atoms with van der Waals surface area (Å²) in [6, 6.07) is 33.2. The van der Waals surface area contributed by atoms with E-state index in [4.69, 9.17) is 17.0 Å². The van der Waals surface area contributed by atoms with E-state index in [1.807, 2.05) is 0 Å². The number of halogens is 2. The fourth-order valence-corrected chi connectivity index (χ4v) is 5.52. The average molecular weight is 546 g/mol. The van der Waals surface area contributed by atoms with Crippen molar-refractivity contribution in [3.05, 3.63) is 138 Å². The van der Waals surface area contributed by atoms with Crippen LogP contribution in [0.4, 0.5) is 0 Å². The Labute approximate surface area is 215 Å². The van der Waals surface area contributed by atoms with Crippen molar-refractivity contribution in [2.24, 2.45) is 0 Å². The molecule has 0 fully saturated rings. The van der Waals surface area contributed by atoms with Gasteiger partial charge in [-0.05, 0) is 39.3 Å². The second-order valence-corrected chi connectivity index (χ2v) is 12.1. The van der Waals surface area contributed by atoms with Crippen LogP contribution >= 0.6 is 17.0 Å². The van der Waals surface area contributed by atoms with E-state index in [-0.39, 0.29) is 5.92 Å². The van der Waals surface area contributed by atoms with Crippen LogP contribution in [0.5, 0.6) is 0 Å². The monoisotopic (exact) mass is 543 g/mol. The van der Waals surface area contributed by atoms with Crippen LogP contribution in [0, 0.1) is 6.42 Å². The molecule has 0 radical (unpaired) electrons. The molecule has 0 heterocycles. The molecule has 6 rings (SSSR count). The molecule has 33 heavy (non-hydrogen) atoms. The first-order chi connectivity index (χ1) is 16.3. The number of allylic oxidation sites excluding steroid dienone is 1. The molecule has 2 aliphatic rings. The quantitative estimate of drug-likeness (QED) is 0.177. The Kier molecular flexibility index (Phi) is 6.93. The summed E-state index contributed by atoms with van der Waals surface area (Å²) >= 11 is -0.826. The second-order valence-electron chi connectivity index (χ2n) is 8.35. The molecule has 0 nitrogen and oxygen atoms in total. The summed E-state index contributed by atoms with van der Waals surface area (Å²) in [6.07, 6.45) is 5.55. The Morgan fingerprint density at radius 2 is 1.18 bits per heavy atom. The van der Waals surface area contributed by atoms with Crippen LogP contribution in [0.15, 0.2) is 104 Å². The van der Waals surface area contributed by atoms with Crippen molar-refractivity contribution < 1.29 is 20.8 Å². The number of fused-ring (bicyclic) bond motifs is 6. The molecule has 4 aromatic rings. The molecule has 0 spiro atoms. The van der Waals surface area contributed by atoms with Gasteiger partial charge in [0, 0.05) is 5.92 Å². The maximum atomic E-state index is 4.93. The molecule has 0 aromatic heterocycles. The summed E-state index contributed by atoms with van der Waals surface area (Å²) < 4.78 is 0. The predicted octanol–water partition coefficient (Wildman–Crippen LogP) is 9.12. The zero-order chi connectivity index (χ0) is 22.8. The molecule has 0 aliphatic heterocycles. The van der Waals surface area contributed by atoms with Crippen LogP contribution in [-0.4, -0.2) is 0 Å². The van der Waals surface area contributed by atoms with Crippen LogP contribution in [0.2, 0.25) is 0 Å². The Morgan fingerprint density at radius 3 is 1.76 bits per heavy atom. The minimum absolute atomic E-state index is 0.270. The van der Waals surface area contributed by atoms with Gasteiger partial charge < -0.3 is 0 Å². The first-order valence-electron chi connectivity index (χ1n) is 11.1. The molecule has 2 aliphatic carbocycles. The molecule has 4 aromatic carbocycles. The van der Waals surface area contributed by atoms with E-state index in [9.17, 15) is 0 Å². The van der Waals surface area contributed by atoms with Gasteiger partial charge >= 0.3 is 37.9 Å². The van der Waals surface area contributed by atoms with Crippen molar-refractivity contribution in [3.63, 3.8) is 0 Å². The van der Waals surface area contributed by atoms with Gasteiger partial charge in [0.15, 0.2) is 0 Å². The normalized spacial score (nSPS) is 14.8. The van der Waals surface area contributed by atoms with E-state index in [0.29, 0.717) is 5.92 Å². The summed E-state index contributed by atoms with van der Waals surface area (Å²) in [5.74, 6) is 0.686. The molecule has 0 saturated heterocycles. The first-order valence-corrected chi connectivity index (χ1v) is 17.4. The fraction of sp³-hybridized carbons (Fsp3) is 0.100. The zero-order valence-corrected chi connectivity index (χ0v) is 22.1. The minimum atomic E-state index is -0.826. The SMILES string of the molecule is C=CC1c2ccccc2-c2cccc([CH-]CC3c4ccccc4-c4ccccc43)c21.[Cl][Zr][Cl]. The Bertz CT molecular complexity index is 1260. The van der Waals surface area contributed by atoms with Gasteiger partial charge in [0.25, 0.3) is 0 Å². The van der Waals surface area contributed by atoms with E-state index < -0.39 is 20.8 Å². The number of hydrogen-bond donors (Lipinski definition) is 0. The van der Waals surface area contributed by atoms with Gasteiger partial charge in [-0.1, -0.05) is 96.9 Å². The molecular formula is C30H23Cl2Zr-. The van der Waals surface area contributed by atoms with Gasteiger partial charge in [-0.2, -0.15) is 18.1 Å². The van der Waals surface area contributed by atoms with E-state index in [0.717, 1.165) is 6.42 Å². The topological polar surface area (TPSA) is 0 Å². The van der Waals surface area contributed by atoms with Crippen LogP contribution in [0.1, 0.15) is 46.1 Å².